The summed E-state index contributed by atoms with van der Waals surface area (Å²) in [6.07, 6.45) is 0. The SMILES string of the molecule is CCOc1ccc(-n2c(=O)c3c(C)c(C(=O)N(C)C)sc3n(CC(=O)Nc3ccc(C)cc3Cl)c2=O)cc1. The van der Waals surface area contributed by atoms with Gasteiger partial charge < -0.3 is 15.0 Å². The third kappa shape index (κ3) is 5.09. The lowest BCUT2D eigenvalue weighted by molar-refractivity contribution is -0.116. The molecule has 198 valence electrons. The maximum absolute atomic E-state index is 13.7. The van der Waals surface area contributed by atoms with E-state index in [0.717, 1.165) is 21.5 Å². The van der Waals surface area contributed by atoms with Crippen LogP contribution >= 0.6 is 22.9 Å². The molecule has 0 aliphatic heterocycles. The van der Waals surface area contributed by atoms with E-state index in [9.17, 15) is 19.2 Å². The van der Waals surface area contributed by atoms with Crippen molar-refractivity contribution in [1.29, 1.82) is 0 Å². The number of rotatable bonds is 7. The number of amides is 2. The maximum Gasteiger partial charge on any atom is 0.337 e. The van der Waals surface area contributed by atoms with Gasteiger partial charge in [-0.15, -0.1) is 11.3 Å². The first-order valence-electron chi connectivity index (χ1n) is 11.8. The molecule has 2 heterocycles. The van der Waals surface area contributed by atoms with Crippen LogP contribution in [-0.2, 0) is 11.3 Å². The maximum atomic E-state index is 13.7. The standard InChI is InChI=1S/C27H27ClN4O5S/c1-6-37-18-10-8-17(9-11-18)32-24(34)22-16(3)23(25(35)30(4)5)38-26(22)31(27(32)36)14-21(33)29-20-12-7-15(2)13-19(20)28/h7-13H,6,14H2,1-5H3,(H,29,33). The Morgan fingerprint density at radius 1 is 1.08 bits per heavy atom. The van der Waals surface area contributed by atoms with Crippen LogP contribution in [0.15, 0.2) is 52.1 Å². The monoisotopic (exact) mass is 554 g/mol. The van der Waals surface area contributed by atoms with Crippen LogP contribution in [0.2, 0.25) is 5.02 Å². The zero-order valence-electron chi connectivity index (χ0n) is 21.6. The number of carbonyl (C=O) groups is 2. The smallest absolute Gasteiger partial charge is 0.337 e. The third-order valence-corrected chi connectivity index (χ3v) is 7.53. The molecule has 11 heteroatoms. The van der Waals surface area contributed by atoms with Gasteiger partial charge in [0.25, 0.3) is 11.5 Å². The first-order valence-corrected chi connectivity index (χ1v) is 13.0. The molecule has 9 nitrogen and oxygen atoms in total. The number of anilines is 1. The minimum Gasteiger partial charge on any atom is -0.494 e. The summed E-state index contributed by atoms with van der Waals surface area (Å²) in [6.45, 7) is 5.47. The van der Waals surface area contributed by atoms with E-state index in [1.165, 1.54) is 9.47 Å². The second-order valence-electron chi connectivity index (χ2n) is 8.90. The van der Waals surface area contributed by atoms with Crippen LogP contribution in [0.1, 0.15) is 27.7 Å². The number of aromatic nitrogens is 2. The average Bonchev–Trinajstić information content (AvgIpc) is 3.21. The second kappa shape index (κ2) is 10.8. The number of fused-ring (bicyclic) bond motifs is 1. The molecule has 0 aliphatic rings. The van der Waals surface area contributed by atoms with Crippen molar-refractivity contribution in [3.63, 3.8) is 0 Å². The van der Waals surface area contributed by atoms with E-state index >= 15 is 0 Å². The molecule has 38 heavy (non-hydrogen) atoms. The van der Waals surface area contributed by atoms with E-state index in [2.05, 4.69) is 5.32 Å². The third-order valence-electron chi connectivity index (χ3n) is 5.92. The first-order chi connectivity index (χ1) is 18.0. The van der Waals surface area contributed by atoms with Gasteiger partial charge in [-0.05, 0) is 68.3 Å². The van der Waals surface area contributed by atoms with Crippen LogP contribution in [0.5, 0.6) is 5.75 Å². The molecule has 4 aromatic rings. The molecular formula is C27H27ClN4O5S. The Morgan fingerprint density at radius 3 is 2.37 bits per heavy atom. The Bertz CT molecular complexity index is 1670. The fourth-order valence-electron chi connectivity index (χ4n) is 4.03. The normalized spacial score (nSPS) is 11.0. The van der Waals surface area contributed by atoms with E-state index in [4.69, 9.17) is 16.3 Å². The van der Waals surface area contributed by atoms with Gasteiger partial charge >= 0.3 is 5.69 Å². The van der Waals surface area contributed by atoms with Gasteiger partial charge in [0, 0.05) is 14.1 Å². The average molecular weight is 555 g/mol. The molecule has 0 saturated heterocycles. The van der Waals surface area contributed by atoms with Gasteiger partial charge in [0.15, 0.2) is 0 Å². The van der Waals surface area contributed by atoms with Crippen LogP contribution in [-0.4, -0.2) is 46.6 Å². The van der Waals surface area contributed by atoms with Crippen molar-refractivity contribution in [3.8, 4) is 11.4 Å². The largest absolute Gasteiger partial charge is 0.494 e. The van der Waals surface area contributed by atoms with Crippen molar-refractivity contribution in [2.24, 2.45) is 0 Å². The fraction of sp³-hybridized carbons (Fsp3) is 0.259. The Morgan fingerprint density at radius 2 is 1.76 bits per heavy atom. The van der Waals surface area contributed by atoms with E-state index in [1.54, 1.807) is 63.5 Å². The number of nitrogens with zero attached hydrogens (tertiary/aromatic N) is 3. The van der Waals surface area contributed by atoms with Gasteiger partial charge in [-0.25, -0.2) is 9.36 Å². The Kier molecular flexibility index (Phi) is 7.75. The lowest BCUT2D eigenvalue weighted by Gasteiger charge is -2.13. The van der Waals surface area contributed by atoms with Crippen molar-refractivity contribution in [2.75, 3.05) is 26.0 Å². The van der Waals surface area contributed by atoms with E-state index < -0.39 is 23.7 Å². The first kappa shape index (κ1) is 27.2. The molecular weight excluding hydrogens is 528 g/mol. The lowest BCUT2D eigenvalue weighted by atomic mass is 10.2. The highest BCUT2D eigenvalue weighted by molar-refractivity contribution is 7.20. The lowest BCUT2D eigenvalue weighted by Crippen LogP contribution is -2.40. The summed E-state index contributed by atoms with van der Waals surface area (Å²) in [4.78, 5) is 55.3. The van der Waals surface area contributed by atoms with Crippen molar-refractivity contribution < 1.29 is 14.3 Å². The van der Waals surface area contributed by atoms with Crippen LogP contribution in [0, 0.1) is 13.8 Å². The van der Waals surface area contributed by atoms with Crippen LogP contribution in [0.3, 0.4) is 0 Å². The van der Waals surface area contributed by atoms with Crippen molar-refractivity contribution in [3.05, 3.63) is 84.3 Å². The van der Waals surface area contributed by atoms with Crippen molar-refractivity contribution >= 4 is 50.7 Å². The van der Waals surface area contributed by atoms with E-state index in [0.29, 0.717) is 39.2 Å². The number of ether oxygens (including phenoxy) is 1. The summed E-state index contributed by atoms with van der Waals surface area (Å²) in [5.41, 5.74) is 0.815. The molecule has 2 aromatic carbocycles. The van der Waals surface area contributed by atoms with E-state index in [-0.39, 0.29) is 16.1 Å². The molecule has 0 radical (unpaired) electrons. The van der Waals surface area contributed by atoms with Gasteiger partial charge in [-0.1, -0.05) is 17.7 Å². The number of carbonyl (C=O) groups excluding carboxylic acids is 2. The molecule has 0 fully saturated rings. The summed E-state index contributed by atoms with van der Waals surface area (Å²) in [6, 6.07) is 11.7. The predicted molar refractivity (Wildman–Crippen MR) is 150 cm³/mol. The van der Waals surface area contributed by atoms with Crippen molar-refractivity contribution in [1.82, 2.24) is 14.0 Å². The summed E-state index contributed by atoms with van der Waals surface area (Å²) in [5, 5.41) is 3.30. The molecule has 0 aliphatic carbocycles. The van der Waals surface area contributed by atoms with Crippen LogP contribution < -0.4 is 21.3 Å². The van der Waals surface area contributed by atoms with E-state index in [1.807, 2.05) is 13.8 Å². The Balaban J connectivity index is 1.90. The summed E-state index contributed by atoms with van der Waals surface area (Å²) < 4.78 is 7.70. The number of aryl methyl sites for hydroxylation is 2. The Hall–Kier alpha value is -3.89. The predicted octanol–water partition coefficient (Wildman–Crippen LogP) is 4.22. The molecule has 2 aromatic heterocycles. The molecule has 0 spiro atoms. The summed E-state index contributed by atoms with van der Waals surface area (Å²) >= 11 is 7.29. The quantitative estimate of drug-likeness (QED) is 0.368. The van der Waals surface area contributed by atoms with Crippen molar-refractivity contribution in [2.45, 2.75) is 27.3 Å². The van der Waals surface area contributed by atoms with Crippen LogP contribution in [0.4, 0.5) is 5.69 Å². The number of hydrogen-bond donors (Lipinski definition) is 1. The number of halogens is 1. The molecule has 1 N–H and O–H groups in total. The van der Waals surface area contributed by atoms with Gasteiger partial charge in [0.2, 0.25) is 5.91 Å². The van der Waals surface area contributed by atoms with Gasteiger partial charge in [-0.3, -0.25) is 19.0 Å². The summed E-state index contributed by atoms with van der Waals surface area (Å²) in [5.74, 6) is -0.223. The second-order valence-corrected chi connectivity index (χ2v) is 10.3. The minimum absolute atomic E-state index is 0.204. The highest BCUT2D eigenvalue weighted by Crippen LogP contribution is 2.29. The minimum atomic E-state index is -0.707. The molecule has 0 saturated carbocycles. The van der Waals surface area contributed by atoms with Gasteiger partial charge in [-0.2, -0.15) is 0 Å². The molecule has 0 atom stereocenters. The zero-order valence-corrected chi connectivity index (χ0v) is 23.2. The van der Waals surface area contributed by atoms with Gasteiger partial charge in [0.05, 0.1) is 33.3 Å². The number of thiophene rings is 1. The number of benzene rings is 2. The molecule has 0 unspecified atom stereocenters. The topological polar surface area (TPSA) is 103 Å². The zero-order chi connectivity index (χ0) is 27.7. The highest BCUT2D eigenvalue weighted by Gasteiger charge is 2.25. The van der Waals surface area contributed by atoms with Crippen LogP contribution in [0.25, 0.3) is 15.9 Å². The molecule has 4 rings (SSSR count). The van der Waals surface area contributed by atoms with Gasteiger partial charge in [0.1, 0.15) is 17.1 Å². The highest BCUT2D eigenvalue weighted by atomic mass is 35.5. The molecule has 0 bridgehead atoms. The summed E-state index contributed by atoms with van der Waals surface area (Å²) in [7, 11) is 3.21. The Labute approximate surface area is 227 Å². The fourth-order valence-corrected chi connectivity index (χ4v) is 5.63. The number of hydrogen-bond acceptors (Lipinski definition) is 6. The molecule has 2 amide bonds. The number of nitrogens with one attached hydrogen (secondary N) is 1.